The van der Waals surface area contributed by atoms with Crippen LogP contribution in [0.1, 0.15) is 19.4 Å². The van der Waals surface area contributed by atoms with Crippen LogP contribution in [-0.4, -0.2) is 21.3 Å². The van der Waals surface area contributed by atoms with Crippen molar-refractivity contribution in [3.8, 4) is 5.75 Å². The summed E-state index contributed by atoms with van der Waals surface area (Å²) >= 11 is 12.1. The Hall–Kier alpha value is -2.50. The molecular formula is C20H19Cl2N3O2. The molecule has 0 unspecified atom stereocenters. The lowest BCUT2D eigenvalue weighted by Crippen LogP contribution is -2.43. The van der Waals surface area contributed by atoms with Crippen molar-refractivity contribution in [2.45, 2.75) is 26.0 Å². The first-order valence-corrected chi connectivity index (χ1v) is 9.12. The van der Waals surface area contributed by atoms with Gasteiger partial charge in [-0.15, -0.1) is 0 Å². The van der Waals surface area contributed by atoms with E-state index in [1.54, 1.807) is 55.1 Å². The Morgan fingerprint density at radius 1 is 1.11 bits per heavy atom. The Morgan fingerprint density at radius 2 is 1.81 bits per heavy atom. The van der Waals surface area contributed by atoms with Crippen LogP contribution in [-0.2, 0) is 11.3 Å². The maximum absolute atomic E-state index is 12.7. The molecule has 27 heavy (non-hydrogen) atoms. The molecule has 0 radical (unpaired) electrons. The SMILES string of the molecule is CC(C)(Oc1ccc(Cl)cc1)C(=O)Nc1ccnn1Cc1ccccc1Cl. The van der Waals surface area contributed by atoms with Crippen molar-refractivity contribution in [2.75, 3.05) is 5.32 Å². The van der Waals surface area contributed by atoms with E-state index in [2.05, 4.69) is 10.4 Å². The minimum absolute atomic E-state index is 0.293. The lowest BCUT2D eigenvalue weighted by atomic mass is 10.1. The maximum atomic E-state index is 12.7. The highest BCUT2D eigenvalue weighted by Gasteiger charge is 2.30. The number of aromatic nitrogens is 2. The summed E-state index contributed by atoms with van der Waals surface area (Å²) in [4.78, 5) is 12.7. The molecule has 140 valence electrons. The molecule has 0 aliphatic rings. The number of nitrogens with zero attached hydrogens (tertiary/aromatic N) is 2. The number of carbonyl (C=O) groups excluding carboxylic acids is 1. The molecule has 1 amide bonds. The molecule has 0 aliphatic carbocycles. The first-order chi connectivity index (χ1) is 12.8. The Labute approximate surface area is 167 Å². The third-order valence-corrected chi connectivity index (χ3v) is 4.59. The highest BCUT2D eigenvalue weighted by Crippen LogP contribution is 2.23. The van der Waals surface area contributed by atoms with Gasteiger partial charge in [-0.3, -0.25) is 4.79 Å². The Balaban J connectivity index is 1.71. The fourth-order valence-electron chi connectivity index (χ4n) is 2.46. The summed E-state index contributed by atoms with van der Waals surface area (Å²) in [5.74, 6) is 0.829. The van der Waals surface area contributed by atoms with E-state index in [0.29, 0.717) is 28.2 Å². The van der Waals surface area contributed by atoms with E-state index >= 15 is 0 Å². The number of hydrogen-bond donors (Lipinski definition) is 1. The van der Waals surface area contributed by atoms with Gasteiger partial charge in [0, 0.05) is 16.1 Å². The van der Waals surface area contributed by atoms with Crippen LogP contribution in [0.3, 0.4) is 0 Å². The van der Waals surface area contributed by atoms with Crippen molar-refractivity contribution < 1.29 is 9.53 Å². The molecule has 1 N–H and O–H groups in total. The third-order valence-electron chi connectivity index (χ3n) is 3.97. The number of benzene rings is 2. The summed E-state index contributed by atoms with van der Waals surface area (Å²) in [5.41, 5.74) is -0.178. The van der Waals surface area contributed by atoms with Crippen molar-refractivity contribution in [2.24, 2.45) is 0 Å². The maximum Gasteiger partial charge on any atom is 0.269 e. The van der Waals surface area contributed by atoms with Crippen LogP contribution < -0.4 is 10.1 Å². The van der Waals surface area contributed by atoms with E-state index < -0.39 is 5.60 Å². The van der Waals surface area contributed by atoms with Crippen molar-refractivity contribution in [1.29, 1.82) is 0 Å². The van der Waals surface area contributed by atoms with E-state index in [0.717, 1.165) is 5.56 Å². The molecule has 0 fully saturated rings. The number of nitrogens with one attached hydrogen (secondary N) is 1. The normalized spacial score (nSPS) is 11.3. The van der Waals surface area contributed by atoms with Gasteiger partial charge in [-0.25, -0.2) is 4.68 Å². The van der Waals surface area contributed by atoms with E-state index in [9.17, 15) is 4.79 Å². The van der Waals surface area contributed by atoms with Crippen LogP contribution in [0.15, 0.2) is 60.8 Å². The minimum Gasteiger partial charge on any atom is -0.478 e. The smallest absolute Gasteiger partial charge is 0.269 e. The van der Waals surface area contributed by atoms with Crippen LogP contribution >= 0.6 is 23.2 Å². The highest BCUT2D eigenvalue weighted by atomic mass is 35.5. The molecule has 0 atom stereocenters. The van der Waals surface area contributed by atoms with Crippen LogP contribution in [0, 0.1) is 0 Å². The Kier molecular flexibility index (Phi) is 5.73. The first kappa shape index (κ1) is 19.3. The van der Waals surface area contributed by atoms with Gasteiger partial charge >= 0.3 is 0 Å². The monoisotopic (exact) mass is 403 g/mol. The molecule has 0 spiro atoms. The average molecular weight is 404 g/mol. The molecular weight excluding hydrogens is 385 g/mol. The number of rotatable bonds is 6. The predicted molar refractivity (Wildman–Crippen MR) is 108 cm³/mol. The standard InChI is InChI=1S/C20H19Cl2N3O2/c1-20(2,27-16-9-7-15(21)8-10-16)19(26)24-18-11-12-23-25(18)13-14-5-3-4-6-17(14)22/h3-12H,13H2,1-2H3,(H,24,26). The van der Waals surface area contributed by atoms with Crippen LogP contribution in [0.25, 0.3) is 0 Å². The van der Waals surface area contributed by atoms with Gasteiger partial charge in [0.15, 0.2) is 5.60 Å². The zero-order valence-corrected chi connectivity index (χ0v) is 16.5. The zero-order chi connectivity index (χ0) is 19.4. The molecule has 2 aromatic carbocycles. The van der Waals surface area contributed by atoms with E-state index in [4.69, 9.17) is 27.9 Å². The number of amides is 1. The number of anilines is 1. The summed E-state index contributed by atoms with van der Waals surface area (Å²) in [5, 5.41) is 8.39. The average Bonchev–Trinajstić information content (AvgIpc) is 3.05. The summed E-state index contributed by atoms with van der Waals surface area (Å²) in [6.45, 7) is 3.85. The molecule has 3 rings (SSSR count). The molecule has 5 nitrogen and oxygen atoms in total. The van der Waals surface area contributed by atoms with Gasteiger partial charge in [-0.05, 0) is 49.7 Å². The second-order valence-electron chi connectivity index (χ2n) is 6.49. The lowest BCUT2D eigenvalue weighted by molar-refractivity contribution is -0.128. The van der Waals surface area contributed by atoms with Gasteiger partial charge in [0.05, 0.1) is 12.7 Å². The van der Waals surface area contributed by atoms with Gasteiger partial charge < -0.3 is 10.1 Å². The molecule has 0 aliphatic heterocycles. The molecule has 7 heteroatoms. The van der Waals surface area contributed by atoms with E-state index in [1.165, 1.54) is 0 Å². The lowest BCUT2D eigenvalue weighted by Gasteiger charge is -2.25. The van der Waals surface area contributed by atoms with Crippen molar-refractivity contribution in [3.63, 3.8) is 0 Å². The molecule has 0 bridgehead atoms. The Morgan fingerprint density at radius 3 is 2.52 bits per heavy atom. The number of ether oxygens (including phenoxy) is 1. The molecule has 1 heterocycles. The topological polar surface area (TPSA) is 56.1 Å². The van der Waals surface area contributed by atoms with Crippen LogP contribution in [0.4, 0.5) is 5.82 Å². The van der Waals surface area contributed by atoms with Crippen LogP contribution in [0.5, 0.6) is 5.75 Å². The van der Waals surface area contributed by atoms with Gasteiger partial charge in [-0.1, -0.05) is 41.4 Å². The number of carbonyl (C=O) groups is 1. The number of halogens is 2. The minimum atomic E-state index is -1.09. The molecule has 3 aromatic rings. The fourth-order valence-corrected chi connectivity index (χ4v) is 2.78. The summed E-state index contributed by atoms with van der Waals surface area (Å²) < 4.78 is 7.50. The highest BCUT2D eigenvalue weighted by molar-refractivity contribution is 6.31. The molecule has 0 saturated heterocycles. The molecule has 0 saturated carbocycles. The van der Waals surface area contributed by atoms with Gasteiger partial charge in [0.2, 0.25) is 0 Å². The van der Waals surface area contributed by atoms with Gasteiger partial charge in [0.25, 0.3) is 5.91 Å². The van der Waals surface area contributed by atoms with Crippen molar-refractivity contribution in [1.82, 2.24) is 9.78 Å². The zero-order valence-electron chi connectivity index (χ0n) is 14.9. The largest absolute Gasteiger partial charge is 0.478 e. The van der Waals surface area contributed by atoms with E-state index in [1.807, 2.05) is 24.3 Å². The van der Waals surface area contributed by atoms with Gasteiger partial charge in [0.1, 0.15) is 11.6 Å². The predicted octanol–water partition coefficient (Wildman–Crippen LogP) is 5.03. The Bertz CT molecular complexity index is 936. The summed E-state index contributed by atoms with van der Waals surface area (Å²) in [6.07, 6.45) is 1.62. The third kappa shape index (κ3) is 4.81. The molecule has 1 aromatic heterocycles. The second kappa shape index (κ2) is 8.03. The quantitative estimate of drug-likeness (QED) is 0.627. The van der Waals surface area contributed by atoms with Crippen molar-refractivity contribution in [3.05, 3.63) is 76.4 Å². The summed E-state index contributed by atoms with van der Waals surface area (Å²) in [6, 6.07) is 16.1. The van der Waals surface area contributed by atoms with E-state index in [-0.39, 0.29) is 5.91 Å². The fraction of sp³-hybridized carbons (Fsp3) is 0.200. The van der Waals surface area contributed by atoms with Crippen LogP contribution in [0.2, 0.25) is 10.0 Å². The van der Waals surface area contributed by atoms with Gasteiger partial charge in [-0.2, -0.15) is 5.10 Å². The van der Waals surface area contributed by atoms with Crippen molar-refractivity contribution >= 4 is 34.9 Å². The summed E-state index contributed by atoms with van der Waals surface area (Å²) in [7, 11) is 0. The first-order valence-electron chi connectivity index (χ1n) is 8.36. The number of hydrogen-bond acceptors (Lipinski definition) is 3. The second-order valence-corrected chi connectivity index (χ2v) is 7.33.